The number of carbonyl (C=O) groups excluding carboxylic acids is 1. The number of carboxylic acid groups (broad SMARTS) is 1. The summed E-state index contributed by atoms with van der Waals surface area (Å²) in [5.74, 6) is -1.11. The SMILES string of the molecule is O=C(O)CCC(=O)NCCCCN1CCOCC1. The molecule has 2 N–H and O–H groups in total. The number of unbranched alkanes of at least 4 members (excludes halogenated alkanes) is 1. The molecule has 0 aromatic rings. The van der Waals surface area contributed by atoms with Crippen molar-refractivity contribution in [1.29, 1.82) is 0 Å². The van der Waals surface area contributed by atoms with Gasteiger partial charge in [-0.3, -0.25) is 14.5 Å². The highest BCUT2D eigenvalue weighted by Crippen LogP contribution is 1.99. The number of nitrogens with one attached hydrogen (secondary N) is 1. The minimum absolute atomic E-state index is 0.0683. The predicted molar refractivity (Wildman–Crippen MR) is 66.4 cm³/mol. The topological polar surface area (TPSA) is 78.9 Å². The van der Waals surface area contributed by atoms with Gasteiger partial charge in [-0.1, -0.05) is 0 Å². The van der Waals surface area contributed by atoms with Crippen molar-refractivity contribution < 1.29 is 19.4 Å². The van der Waals surface area contributed by atoms with Gasteiger partial charge in [-0.05, 0) is 19.4 Å². The predicted octanol–water partition coefficient (Wildman–Crippen LogP) is 0.0798. The zero-order chi connectivity index (χ0) is 13.2. The van der Waals surface area contributed by atoms with Crippen molar-refractivity contribution >= 4 is 11.9 Å². The molecule has 1 fully saturated rings. The lowest BCUT2D eigenvalue weighted by Crippen LogP contribution is -2.37. The van der Waals surface area contributed by atoms with Crippen LogP contribution in [-0.2, 0) is 14.3 Å². The third-order valence-electron chi connectivity index (χ3n) is 2.89. The van der Waals surface area contributed by atoms with Crippen LogP contribution in [0.2, 0.25) is 0 Å². The van der Waals surface area contributed by atoms with Crippen LogP contribution in [-0.4, -0.2) is 61.3 Å². The molecular formula is C12H22N2O4. The number of aliphatic carboxylic acids is 1. The first-order valence-electron chi connectivity index (χ1n) is 6.47. The number of hydrogen-bond donors (Lipinski definition) is 2. The maximum atomic E-state index is 11.2. The van der Waals surface area contributed by atoms with Gasteiger partial charge in [0, 0.05) is 26.1 Å². The fraction of sp³-hybridized carbons (Fsp3) is 0.833. The minimum atomic E-state index is -0.933. The molecule has 0 aromatic carbocycles. The number of nitrogens with zero attached hydrogens (tertiary/aromatic N) is 1. The van der Waals surface area contributed by atoms with Crippen molar-refractivity contribution in [2.24, 2.45) is 0 Å². The fourth-order valence-corrected chi connectivity index (χ4v) is 1.82. The quantitative estimate of drug-likeness (QED) is 0.603. The molecule has 0 bridgehead atoms. The number of rotatable bonds is 8. The molecule has 18 heavy (non-hydrogen) atoms. The summed E-state index contributed by atoms with van der Waals surface area (Å²) in [5.41, 5.74) is 0. The Labute approximate surface area is 107 Å². The van der Waals surface area contributed by atoms with E-state index in [1.807, 2.05) is 0 Å². The monoisotopic (exact) mass is 258 g/mol. The number of hydrogen-bond acceptors (Lipinski definition) is 4. The van der Waals surface area contributed by atoms with Gasteiger partial charge in [-0.15, -0.1) is 0 Å². The van der Waals surface area contributed by atoms with Crippen molar-refractivity contribution in [3.8, 4) is 0 Å². The molecule has 6 nitrogen and oxygen atoms in total. The summed E-state index contributed by atoms with van der Waals surface area (Å²) in [7, 11) is 0. The van der Waals surface area contributed by atoms with Crippen LogP contribution in [0.5, 0.6) is 0 Å². The van der Waals surface area contributed by atoms with Crippen molar-refractivity contribution in [2.75, 3.05) is 39.4 Å². The smallest absolute Gasteiger partial charge is 0.303 e. The van der Waals surface area contributed by atoms with E-state index in [2.05, 4.69) is 10.2 Å². The van der Waals surface area contributed by atoms with Crippen LogP contribution in [0.3, 0.4) is 0 Å². The van der Waals surface area contributed by atoms with E-state index >= 15 is 0 Å². The van der Waals surface area contributed by atoms with E-state index in [0.717, 1.165) is 45.7 Å². The van der Waals surface area contributed by atoms with Crippen molar-refractivity contribution in [3.63, 3.8) is 0 Å². The Morgan fingerprint density at radius 2 is 1.89 bits per heavy atom. The molecule has 0 unspecified atom stereocenters. The van der Waals surface area contributed by atoms with E-state index in [4.69, 9.17) is 9.84 Å². The normalized spacial score (nSPS) is 16.4. The van der Waals surface area contributed by atoms with Crippen LogP contribution in [0.25, 0.3) is 0 Å². The number of morpholine rings is 1. The second kappa shape index (κ2) is 8.88. The lowest BCUT2D eigenvalue weighted by atomic mass is 10.2. The Morgan fingerprint density at radius 3 is 2.56 bits per heavy atom. The molecule has 0 spiro atoms. The Hall–Kier alpha value is -1.14. The summed E-state index contributed by atoms with van der Waals surface area (Å²) >= 11 is 0. The second-order valence-corrected chi connectivity index (χ2v) is 4.40. The van der Waals surface area contributed by atoms with E-state index in [0.29, 0.717) is 6.54 Å². The maximum absolute atomic E-state index is 11.2. The van der Waals surface area contributed by atoms with Crippen LogP contribution >= 0.6 is 0 Å². The van der Waals surface area contributed by atoms with Gasteiger partial charge < -0.3 is 15.2 Å². The van der Waals surface area contributed by atoms with Gasteiger partial charge in [0.25, 0.3) is 0 Å². The molecule has 0 aliphatic carbocycles. The highest BCUT2D eigenvalue weighted by atomic mass is 16.5. The summed E-state index contributed by atoms with van der Waals surface area (Å²) in [6.45, 7) is 5.27. The molecule has 0 aromatic heterocycles. The van der Waals surface area contributed by atoms with Gasteiger partial charge in [-0.25, -0.2) is 0 Å². The molecule has 0 radical (unpaired) electrons. The number of carboxylic acids is 1. The van der Waals surface area contributed by atoms with Crippen LogP contribution < -0.4 is 5.32 Å². The van der Waals surface area contributed by atoms with Crippen LogP contribution in [0, 0.1) is 0 Å². The largest absolute Gasteiger partial charge is 0.481 e. The van der Waals surface area contributed by atoms with Crippen LogP contribution in [0.1, 0.15) is 25.7 Å². The number of carbonyl (C=O) groups is 2. The standard InChI is InChI=1S/C12H22N2O4/c15-11(3-4-12(16)17)13-5-1-2-6-14-7-9-18-10-8-14/h1-10H2,(H,13,15)(H,16,17). The summed E-state index contributed by atoms with van der Waals surface area (Å²) in [6, 6.07) is 0. The first-order valence-corrected chi connectivity index (χ1v) is 6.47. The van der Waals surface area contributed by atoms with E-state index in [9.17, 15) is 9.59 Å². The zero-order valence-electron chi connectivity index (χ0n) is 10.7. The molecule has 1 aliphatic heterocycles. The molecular weight excluding hydrogens is 236 g/mol. The third-order valence-corrected chi connectivity index (χ3v) is 2.89. The third kappa shape index (κ3) is 7.24. The van der Waals surface area contributed by atoms with Crippen LogP contribution in [0.4, 0.5) is 0 Å². The number of amides is 1. The van der Waals surface area contributed by atoms with Crippen molar-refractivity contribution in [1.82, 2.24) is 10.2 Å². The first-order chi connectivity index (χ1) is 8.68. The van der Waals surface area contributed by atoms with Gasteiger partial charge in [-0.2, -0.15) is 0 Å². The van der Waals surface area contributed by atoms with Crippen molar-refractivity contribution in [3.05, 3.63) is 0 Å². The summed E-state index contributed by atoms with van der Waals surface area (Å²) in [6.07, 6.45) is 1.94. The average molecular weight is 258 g/mol. The molecule has 1 heterocycles. The van der Waals surface area contributed by atoms with Gasteiger partial charge in [0.2, 0.25) is 5.91 Å². The van der Waals surface area contributed by atoms with E-state index in [-0.39, 0.29) is 18.7 Å². The first kappa shape index (κ1) is 14.9. The molecule has 1 amide bonds. The van der Waals surface area contributed by atoms with E-state index in [1.54, 1.807) is 0 Å². The molecule has 0 saturated carbocycles. The van der Waals surface area contributed by atoms with E-state index < -0.39 is 5.97 Å². The molecule has 104 valence electrons. The Kier molecular flexibility index (Phi) is 7.36. The number of ether oxygens (including phenoxy) is 1. The molecule has 1 aliphatic rings. The molecule has 0 atom stereocenters. The summed E-state index contributed by atoms with van der Waals surface area (Å²) < 4.78 is 5.26. The molecule has 1 rings (SSSR count). The second-order valence-electron chi connectivity index (χ2n) is 4.40. The Balaban J connectivity index is 1.91. The molecule has 1 saturated heterocycles. The Bertz CT molecular complexity index is 265. The average Bonchev–Trinajstić information content (AvgIpc) is 2.37. The van der Waals surface area contributed by atoms with Gasteiger partial charge in [0.05, 0.1) is 19.6 Å². The van der Waals surface area contributed by atoms with Gasteiger partial charge >= 0.3 is 5.97 Å². The summed E-state index contributed by atoms with van der Waals surface area (Å²) in [5, 5.41) is 11.2. The zero-order valence-corrected chi connectivity index (χ0v) is 10.7. The Morgan fingerprint density at radius 1 is 1.17 bits per heavy atom. The van der Waals surface area contributed by atoms with Crippen LogP contribution in [0.15, 0.2) is 0 Å². The summed E-state index contributed by atoms with van der Waals surface area (Å²) in [4.78, 5) is 23.8. The molecule has 6 heteroatoms. The van der Waals surface area contributed by atoms with E-state index in [1.165, 1.54) is 0 Å². The van der Waals surface area contributed by atoms with Gasteiger partial charge in [0.1, 0.15) is 0 Å². The maximum Gasteiger partial charge on any atom is 0.303 e. The highest BCUT2D eigenvalue weighted by Gasteiger charge is 2.09. The lowest BCUT2D eigenvalue weighted by molar-refractivity contribution is -0.138. The van der Waals surface area contributed by atoms with Crippen molar-refractivity contribution in [2.45, 2.75) is 25.7 Å². The fourth-order valence-electron chi connectivity index (χ4n) is 1.82. The minimum Gasteiger partial charge on any atom is -0.481 e. The van der Waals surface area contributed by atoms with Gasteiger partial charge in [0.15, 0.2) is 0 Å². The lowest BCUT2D eigenvalue weighted by Gasteiger charge is -2.26. The highest BCUT2D eigenvalue weighted by molar-refractivity contribution is 5.80.